The van der Waals surface area contributed by atoms with Gasteiger partial charge in [0.1, 0.15) is 10.7 Å². The molecule has 0 aliphatic heterocycles. The molecule has 0 aliphatic carbocycles. The molecule has 3 aromatic heterocycles. The Balaban J connectivity index is 1.74. The molecule has 3 heterocycles. The summed E-state index contributed by atoms with van der Waals surface area (Å²) in [6, 6.07) is 0.239. The zero-order chi connectivity index (χ0) is 13.2. The van der Waals surface area contributed by atoms with Crippen molar-refractivity contribution in [1.82, 2.24) is 19.7 Å². The number of thiazole rings is 2. The number of nitrogens with zero attached hydrogens (tertiary/aromatic N) is 4. The molecule has 7 heteroatoms. The smallest absolute Gasteiger partial charge is 0.142 e. The van der Waals surface area contributed by atoms with Crippen LogP contribution in [-0.4, -0.2) is 19.7 Å². The Morgan fingerprint density at radius 3 is 3.00 bits per heavy atom. The van der Waals surface area contributed by atoms with Gasteiger partial charge < -0.3 is 0 Å². The van der Waals surface area contributed by atoms with Gasteiger partial charge in [-0.25, -0.2) is 9.97 Å². The summed E-state index contributed by atoms with van der Waals surface area (Å²) in [6.45, 7) is 2.10. The average Bonchev–Trinajstić information content (AvgIpc) is 3.07. The van der Waals surface area contributed by atoms with Gasteiger partial charge in [0.15, 0.2) is 0 Å². The topological polar surface area (TPSA) is 43.6 Å². The van der Waals surface area contributed by atoms with Gasteiger partial charge in [-0.1, -0.05) is 11.6 Å². The lowest BCUT2D eigenvalue weighted by Crippen LogP contribution is -2.08. The standard InChI is InChI=1S/C12H11ClN4S2/c1-8(17-6-9(13)5-15-17)4-11-16-10(7-19-11)12-14-2-3-18-12/h2-3,5-8H,4H2,1H3/t8-/m0/s1. The highest BCUT2D eigenvalue weighted by Gasteiger charge is 2.12. The van der Waals surface area contributed by atoms with E-state index in [0.29, 0.717) is 5.02 Å². The predicted molar refractivity (Wildman–Crippen MR) is 78.9 cm³/mol. The molecule has 1 atom stereocenters. The molecule has 0 saturated carbocycles. The Kier molecular flexibility index (Phi) is 3.63. The highest BCUT2D eigenvalue weighted by molar-refractivity contribution is 7.14. The van der Waals surface area contributed by atoms with Crippen LogP contribution in [0.2, 0.25) is 5.02 Å². The third-order valence-electron chi connectivity index (χ3n) is 2.69. The summed E-state index contributed by atoms with van der Waals surface area (Å²) in [7, 11) is 0. The molecule has 0 spiro atoms. The predicted octanol–water partition coefficient (Wildman–Crippen LogP) is 3.92. The molecule has 0 unspecified atom stereocenters. The van der Waals surface area contributed by atoms with Gasteiger partial charge in [0.25, 0.3) is 0 Å². The van der Waals surface area contributed by atoms with Crippen molar-refractivity contribution in [2.45, 2.75) is 19.4 Å². The molecule has 0 aliphatic rings. The van der Waals surface area contributed by atoms with Crippen molar-refractivity contribution in [2.75, 3.05) is 0 Å². The van der Waals surface area contributed by atoms with Crippen LogP contribution in [0.1, 0.15) is 18.0 Å². The molecule has 4 nitrogen and oxygen atoms in total. The van der Waals surface area contributed by atoms with Crippen LogP contribution in [0.25, 0.3) is 10.7 Å². The molecule has 0 aromatic carbocycles. The lowest BCUT2D eigenvalue weighted by molar-refractivity contribution is 0.488. The monoisotopic (exact) mass is 310 g/mol. The van der Waals surface area contributed by atoms with Crippen LogP contribution in [-0.2, 0) is 6.42 Å². The van der Waals surface area contributed by atoms with E-state index >= 15 is 0 Å². The normalized spacial score (nSPS) is 12.7. The lowest BCUT2D eigenvalue weighted by atomic mass is 10.2. The zero-order valence-electron chi connectivity index (χ0n) is 10.2. The number of hydrogen-bond donors (Lipinski definition) is 0. The van der Waals surface area contributed by atoms with E-state index in [1.807, 2.05) is 16.3 Å². The van der Waals surface area contributed by atoms with Crippen molar-refractivity contribution in [1.29, 1.82) is 0 Å². The Hall–Kier alpha value is -1.24. The number of aromatic nitrogens is 4. The Morgan fingerprint density at radius 2 is 2.32 bits per heavy atom. The maximum Gasteiger partial charge on any atom is 0.142 e. The fraction of sp³-hybridized carbons (Fsp3) is 0.250. The number of hydrogen-bond acceptors (Lipinski definition) is 5. The van der Waals surface area contributed by atoms with E-state index in [1.165, 1.54) is 0 Å². The molecule has 0 radical (unpaired) electrons. The third kappa shape index (κ3) is 2.86. The van der Waals surface area contributed by atoms with Crippen LogP contribution in [0, 0.1) is 0 Å². The minimum absolute atomic E-state index is 0.239. The summed E-state index contributed by atoms with van der Waals surface area (Å²) in [5, 5.41) is 11.0. The second kappa shape index (κ2) is 5.40. The summed E-state index contributed by atoms with van der Waals surface area (Å²) < 4.78 is 1.87. The maximum atomic E-state index is 5.88. The van der Waals surface area contributed by atoms with E-state index in [4.69, 9.17) is 11.6 Å². The van der Waals surface area contributed by atoms with E-state index in [9.17, 15) is 0 Å². The fourth-order valence-corrected chi connectivity index (χ4v) is 3.47. The van der Waals surface area contributed by atoms with Crippen LogP contribution in [0.15, 0.2) is 29.4 Å². The van der Waals surface area contributed by atoms with Crippen LogP contribution in [0.5, 0.6) is 0 Å². The first-order chi connectivity index (χ1) is 9.22. The van der Waals surface area contributed by atoms with Crippen LogP contribution in [0.3, 0.4) is 0 Å². The first-order valence-electron chi connectivity index (χ1n) is 5.76. The van der Waals surface area contributed by atoms with Crippen molar-refractivity contribution in [3.63, 3.8) is 0 Å². The molecule has 0 saturated heterocycles. The molecular weight excluding hydrogens is 300 g/mol. The summed E-state index contributed by atoms with van der Waals surface area (Å²) in [4.78, 5) is 8.89. The van der Waals surface area contributed by atoms with E-state index in [2.05, 4.69) is 27.4 Å². The Bertz CT molecular complexity index is 659. The van der Waals surface area contributed by atoms with Gasteiger partial charge in [-0.3, -0.25) is 4.68 Å². The van der Waals surface area contributed by atoms with Crippen molar-refractivity contribution < 1.29 is 0 Å². The van der Waals surface area contributed by atoms with Crippen molar-refractivity contribution in [3.8, 4) is 10.7 Å². The second-order valence-electron chi connectivity index (χ2n) is 4.16. The van der Waals surface area contributed by atoms with Crippen molar-refractivity contribution in [2.24, 2.45) is 0 Å². The first kappa shape index (κ1) is 12.8. The summed E-state index contributed by atoms with van der Waals surface area (Å²) in [6.07, 6.45) is 6.13. The van der Waals surface area contributed by atoms with E-state index in [-0.39, 0.29) is 6.04 Å². The minimum Gasteiger partial charge on any atom is -0.268 e. The first-order valence-corrected chi connectivity index (χ1v) is 7.90. The summed E-state index contributed by atoms with van der Waals surface area (Å²) in [5.74, 6) is 0. The van der Waals surface area contributed by atoms with Crippen molar-refractivity contribution >= 4 is 34.3 Å². The third-order valence-corrected chi connectivity index (χ3v) is 4.56. The average molecular weight is 311 g/mol. The summed E-state index contributed by atoms with van der Waals surface area (Å²) >= 11 is 9.14. The Labute approximate surface area is 123 Å². The summed E-state index contributed by atoms with van der Waals surface area (Å²) in [5.41, 5.74) is 0.959. The second-order valence-corrected chi connectivity index (χ2v) is 6.43. The van der Waals surface area contributed by atoms with Gasteiger partial charge in [0, 0.05) is 29.6 Å². The zero-order valence-corrected chi connectivity index (χ0v) is 12.5. The van der Waals surface area contributed by atoms with Gasteiger partial charge >= 0.3 is 0 Å². The van der Waals surface area contributed by atoms with E-state index in [1.54, 1.807) is 35.1 Å². The van der Waals surface area contributed by atoms with E-state index < -0.39 is 0 Å². The van der Waals surface area contributed by atoms with Crippen molar-refractivity contribution in [3.05, 3.63) is 39.4 Å². The molecule has 19 heavy (non-hydrogen) atoms. The quantitative estimate of drug-likeness (QED) is 0.733. The molecule has 3 aromatic rings. The molecule has 0 fully saturated rings. The lowest BCUT2D eigenvalue weighted by Gasteiger charge is -2.09. The molecule has 0 amide bonds. The number of halogens is 1. The van der Waals surface area contributed by atoms with Crippen LogP contribution < -0.4 is 0 Å². The van der Waals surface area contributed by atoms with Crippen LogP contribution >= 0.6 is 34.3 Å². The molecular formula is C12H11ClN4S2. The fourth-order valence-electron chi connectivity index (χ4n) is 1.75. The molecule has 0 bridgehead atoms. The van der Waals surface area contributed by atoms with Gasteiger partial charge in [0.2, 0.25) is 0 Å². The largest absolute Gasteiger partial charge is 0.268 e. The maximum absolute atomic E-state index is 5.88. The van der Waals surface area contributed by atoms with Gasteiger partial charge in [-0.05, 0) is 6.92 Å². The SMILES string of the molecule is C[C@@H](Cc1nc(-c2nccs2)cs1)n1cc(Cl)cn1. The van der Waals surface area contributed by atoms with Gasteiger partial charge in [0.05, 0.1) is 22.3 Å². The van der Waals surface area contributed by atoms with Crippen LogP contribution in [0.4, 0.5) is 0 Å². The number of rotatable bonds is 4. The molecule has 0 N–H and O–H groups in total. The highest BCUT2D eigenvalue weighted by Crippen LogP contribution is 2.25. The van der Waals surface area contributed by atoms with Gasteiger partial charge in [-0.2, -0.15) is 5.10 Å². The molecule has 98 valence electrons. The van der Waals surface area contributed by atoms with Gasteiger partial charge in [-0.15, -0.1) is 22.7 Å². The highest BCUT2D eigenvalue weighted by atomic mass is 35.5. The molecule has 3 rings (SSSR count). The van der Waals surface area contributed by atoms with E-state index in [0.717, 1.165) is 22.1 Å². The Morgan fingerprint density at radius 1 is 1.42 bits per heavy atom. The minimum atomic E-state index is 0.239.